The van der Waals surface area contributed by atoms with Gasteiger partial charge in [-0.1, -0.05) is 41.7 Å². The number of hydrogen-bond acceptors (Lipinski definition) is 8. The van der Waals surface area contributed by atoms with Crippen molar-refractivity contribution in [3.05, 3.63) is 72.4 Å². The first-order valence-corrected chi connectivity index (χ1v) is 10.2. The number of aromatic nitrogens is 4. The maximum atomic E-state index is 5.53. The van der Waals surface area contributed by atoms with Crippen LogP contribution in [-0.4, -0.2) is 40.0 Å². The molecule has 1 aromatic carbocycles. The highest BCUT2D eigenvalue weighted by Gasteiger charge is 2.19. The largest absolute Gasteiger partial charge is 0.481 e. The fraction of sp³-hybridized carbons (Fsp3) is 0.190. The molecule has 0 aliphatic carbocycles. The first-order valence-electron chi connectivity index (χ1n) is 9.37. The molecule has 0 N–H and O–H groups in total. The second-order valence-electron chi connectivity index (χ2n) is 6.68. The maximum absolute atomic E-state index is 5.53. The Balaban J connectivity index is 1.43. The molecule has 0 unspecified atom stereocenters. The summed E-state index contributed by atoms with van der Waals surface area (Å²) in [6.45, 7) is 1.53. The predicted molar refractivity (Wildman–Crippen MR) is 113 cm³/mol. The average Bonchev–Trinajstić information content (AvgIpc) is 3.51. The predicted octanol–water partition coefficient (Wildman–Crippen LogP) is 3.71. The molecular weight excluding hydrogens is 402 g/mol. The fourth-order valence-electron chi connectivity index (χ4n) is 3.15. The number of benzene rings is 1. The van der Waals surface area contributed by atoms with Crippen LogP contribution in [0.4, 0.5) is 5.13 Å². The van der Waals surface area contributed by atoms with Crippen LogP contribution in [0.25, 0.3) is 16.2 Å². The molecule has 1 aliphatic heterocycles. The zero-order chi connectivity index (χ0) is 20.3. The Bertz CT molecular complexity index is 1140. The fourth-order valence-corrected chi connectivity index (χ4v) is 4.03. The monoisotopic (exact) mass is 421 g/mol. The van der Waals surface area contributed by atoms with Crippen molar-refractivity contribution < 1.29 is 14.2 Å². The van der Waals surface area contributed by atoms with Crippen LogP contribution in [0.15, 0.2) is 66.9 Å². The first kappa shape index (κ1) is 18.4. The molecule has 5 rings (SSSR count). The van der Waals surface area contributed by atoms with Crippen molar-refractivity contribution in [2.75, 3.05) is 25.3 Å². The summed E-state index contributed by atoms with van der Waals surface area (Å²) in [4.78, 5) is 11.9. The molecule has 0 saturated heterocycles. The van der Waals surface area contributed by atoms with Gasteiger partial charge in [0.25, 0.3) is 0 Å². The molecule has 0 fully saturated rings. The van der Waals surface area contributed by atoms with E-state index in [0.29, 0.717) is 19.0 Å². The number of hydrogen-bond donors (Lipinski definition) is 0. The van der Waals surface area contributed by atoms with Crippen LogP contribution in [0.5, 0.6) is 5.88 Å². The minimum atomic E-state index is 0.259. The van der Waals surface area contributed by atoms with E-state index in [9.17, 15) is 0 Å². The van der Waals surface area contributed by atoms with Crippen molar-refractivity contribution >= 4 is 21.4 Å². The molecule has 0 radical (unpaired) electrons. The standard InChI is InChI=1S/C21H19N5O3S/c1-27-19-8-7-16(9-22-19)18-12-26-20(23-18)30-21(24-26)25(11-17-13-28-14-29-17)10-15-5-3-2-4-6-15/h2-9,12-13H,10-11,14H2,1H3. The number of nitrogens with zero attached hydrogens (tertiary/aromatic N) is 5. The number of pyridine rings is 1. The van der Waals surface area contributed by atoms with Gasteiger partial charge in [-0.05, 0) is 11.6 Å². The van der Waals surface area contributed by atoms with Gasteiger partial charge >= 0.3 is 0 Å². The Hall–Kier alpha value is -3.59. The Labute approximate surface area is 177 Å². The third-order valence-corrected chi connectivity index (χ3v) is 5.62. The Kier molecular flexibility index (Phi) is 4.94. The molecule has 1 aliphatic rings. The van der Waals surface area contributed by atoms with Gasteiger partial charge in [-0.3, -0.25) is 0 Å². The van der Waals surface area contributed by atoms with E-state index >= 15 is 0 Å². The zero-order valence-electron chi connectivity index (χ0n) is 16.3. The van der Waals surface area contributed by atoms with Crippen molar-refractivity contribution in [3.63, 3.8) is 0 Å². The molecular formula is C21H19N5O3S. The molecule has 9 heteroatoms. The molecule has 4 aromatic rings. The van der Waals surface area contributed by atoms with E-state index in [2.05, 4.69) is 22.0 Å². The molecule has 0 saturated carbocycles. The number of imidazole rings is 1. The zero-order valence-corrected chi connectivity index (χ0v) is 17.1. The van der Waals surface area contributed by atoms with E-state index in [4.69, 9.17) is 24.3 Å². The van der Waals surface area contributed by atoms with Crippen molar-refractivity contribution in [1.82, 2.24) is 19.6 Å². The van der Waals surface area contributed by atoms with Gasteiger partial charge in [0.05, 0.1) is 25.5 Å². The third-order valence-electron chi connectivity index (χ3n) is 4.63. The van der Waals surface area contributed by atoms with Crippen LogP contribution in [0, 0.1) is 0 Å². The Morgan fingerprint density at radius 3 is 2.77 bits per heavy atom. The highest BCUT2D eigenvalue weighted by Crippen LogP contribution is 2.29. The molecule has 30 heavy (non-hydrogen) atoms. The second-order valence-corrected chi connectivity index (χ2v) is 7.62. The summed E-state index contributed by atoms with van der Waals surface area (Å²) >= 11 is 1.53. The van der Waals surface area contributed by atoms with Crippen LogP contribution in [0.2, 0.25) is 0 Å². The van der Waals surface area contributed by atoms with Gasteiger partial charge in [0.1, 0.15) is 6.26 Å². The summed E-state index contributed by atoms with van der Waals surface area (Å²) in [7, 11) is 1.60. The molecule has 3 aromatic heterocycles. The number of methoxy groups -OCH3 is 1. The highest BCUT2D eigenvalue weighted by molar-refractivity contribution is 7.20. The van der Waals surface area contributed by atoms with Crippen molar-refractivity contribution in [2.45, 2.75) is 6.54 Å². The van der Waals surface area contributed by atoms with Crippen LogP contribution in [-0.2, 0) is 16.0 Å². The van der Waals surface area contributed by atoms with Gasteiger partial charge in [-0.15, -0.1) is 5.10 Å². The second kappa shape index (κ2) is 8.03. The lowest BCUT2D eigenvalue weighted by Gasteiger charge is -2.21. The van der Waals surface area contributed by atoms with E-state index in [1.165, 1.54) is 16.9 Å². The van der Waals surface area contributed by atoms with Crippen LogP contribution in [0.1, 0.15) is 5.56 Å². The van der Waals surface area contributed by atoms with Crippen molar-refractivity contribution in [3.8, 4) is 17.1 Å². The Morgan fingerprint density at radius 2 is 2.07 bits per heavy atom. The summed E-state index contributed by atoms with van der Waals surface area (Å²) in [5, 5.41) is 5.62. The molecule has 0 bridgehead atoms. The normalized spacial score (nSPS) is 13.0. The minimum Gasteiger partial charge on any atom is -0.481 e. The number of anilines is 1. The van der Waals surface area contributed by atoms with Crippen LogP contribution in [0.3, 0.4) is 0 Å². The number of ether oxygens (including phenoxy) is 3. The van der Waals surface area contributed by atoms with Gasteiger partial charge in [-0.2, -0.15) is 0 Å². The molecule has 0 spiro atoms. The summed E-state index contributed by atoms with van der Waals surface area (Å²) in [5.74, 6) is 1.35. The summed E-state index contributed by atoms with van der Waals surface area (Å²) < 4.78 is 17.7. The molecule has 8 nitrogen and oxygen atoms in total. The number of fused-ring (bicyclic) bond motifs is 1. The molecule has 152 valence electrons. The van der Waals surface area contributed by atoms with E-state index in [1.807, 2.05) is 36.5 Å². The highest BCUT2D eigenvalue weighted by atomic mass is 32.1. The van der Waals surface area contributed by atoms with Gasteiger partial charge in [-0.25, -0.2) is 14.5 Å². The summed E-state index contributed by atoms with van der Waals surface area (Å²) in [5.41, 5.74) is 2.92. The maximum Gasteiger partial charge on any atom is 0.229 e. The lowest BCUT2D eigenvalue weighted by atomic mass is 10.2. The van der Waals surface area contributed by atoms with Crippen LogP contribution >= 0.6 is 11.3 Å². The topological polar surface area (TPSA) is 74.0 Å². The van der Waals surface area contributed by atoms with E-state index in [1.54, 1.807) is 24.1 Å². The summed E-state index contributed by atoms with van der Waals surface area (Å²) in [6.07, 6.45) is 5.32. The lowest BCUT2D eigenvalue weighted by molar-refractivity contribution is 0.0797. The SMILES string of the molecule is COc1ccc(-c2cn3nc(N(CC4=COCO4)Cc4ccccc4)sc3n2)cn1. The molecule has 0 atom stereocenters. The van der Waals surface area contributed by atoms with E-state index in [0.717, 1.165) is 27.1 Å². The van der Waals surface area contributed by atoms with Crippen molar-refractivity contribution in [1.29, 1.82) is 0 Å². The van der Waals surface area contributed by atoms with Gasteiger partial charge in [0.2, 0.25) is 22.8 Å². The van der Waals surface area contributed by atoms with Gasteiger partial charge in [0, 0.05) is 24.4 Å². The molecule has 0 amide bonds. The van der Waals surface area contributed by atoms with Gasteiger partial charge < -0.3 is 19.1 Å². The minimum absolute atomic E-state index is 0.259. The smallest absolute Gasteiger partial charge is 0.229 e. The number of rotatable bonds is 7. The molecule has 4 heterocycles. The van der Waals surface area contributed by atoms with Crippen molar-refractivity contribution in [2.24, 2.45) is 0 Å². The van der Waals surface area contributed by atoms with Crippen LogP contribution < -0.4 is 9.64 Å². The lowest BCUT2D eigenvalue weighted by Crippen LogP contribution is -2.25. The first-order chi connectivity index (χ1) is 14.8. The Morgan fingerprint density at radius 1 is 1.17 bits per heavy atom. The quantitative estimate of drug-likeness (QED) is 0.450. The summed E-state index contributed by atoms with van der Waals surface area (Å²) in [6, 6.07) is 14.0. The average molecular weight is 421 g/mol. The van der Waals surface area contributed by atoms with E-state index in [-0.39, 0.29) is 6.79 Å². The van der Waals surface area contributed by atoms with E-state index < -0.39 is 0 Å². The van der Waals surface area contributed by atoms with Gasteiger partial charge in [0.15, 0.2) is 5.76 Å². The third kappa shape index (κ3) is 3.79.